The zero-order valence-corrected chi connectivity index (χ0v) is 11.4. The van der Waals surface area contributed by atoms with Gasteiger partial charge in [-0.15, -0.1) is 0 Å². The predicted molar refractivity (Wildman–Crippen MR) is 66.8 cm³/mol. The molecule has 1 heterocycles. The summed E-state index contributed by atoms with van der Waals surface area (Å²) in [5.74, 6) is -0.803. The van der Waals surface area contributed by atoms with Crippen molar-refractivity contribution in [2.45, 2.75) is 38.6 Å². The van der Waals surface area contributed by atoms with Crippen molar-refractivity contribution in [1.29, 1.82) is 0 Å². The Kier molecular flexibility index (Phi) is 6.04. The van der Waals surface area contributed by atoms with Crippen molar-refractivity contribution in [3.8, 4) is 0 Å². The van der Waals surface area contributed by atoms with Crippen molar-refractivity contribution in [1.82, 2.24) is 4.72 Å². The summed E-state index contributed by atoms with van der Waals surface area (Å²) in [6.45, 7) is 3.20. The number of ether oxygens (including phenoxy) is 1. The molecule has 0 saturated carbocycles. The Morgan fingerprint density at radius 3 is 2.61 bits per heavy atom. The van der Waals surface area contributed by atoms with E-state index < -0.39 is 16.0 Å². The number of aliphatic carboxylic acids is 1. The van der Waals surface area contributed by atoms with Gasteiger partial charge in [-0.2, -0.15) is 0 Å². The van der Waals surface area contributed by atoms with Gasteiger partial charge in [-0.1, -0.05) is 0 Å². The molecule has 0 aromatic heterocycles. The number of hydrogen-bond acceptors (Lipinski definition) is 4. The molecule has 0 aromatic rings. The SMILES string of the molecule is CC(NS(=O)(=O)CCCC(=O)O)C1CCOCC1. The predicted octanol–water partition coefficient (Wildman–Crippen LogP) is 0.586. The number of sulfonamides is 1. The number of carboxylic acids is 1. The third-order valence-electron chi connectivity index (χ3n) is 3.14. The fraction of sp³-hybridized carbons (Fsp3) is 0.909. The number of rotatable bonds is 7. The van der Waals surface area contributed by atoms with Crippen LogP contribution < -0.4 is 4.72 Å². The second-order valence-corrected chi connectivity index (χ2v) is 6.55. The average molecular weight is 279 g/mol. The van der Waals surface area contributed by atoms with Gasteiger partial charge in [-0.3, -0.25) is 4.79 Å². The smallest absolute Gasteiger partial charge is 0.303 e. The summed E-state index contributed by atoms with van der Waals surface area (Å²) in [4.78, 5) is 10.3. The molecule has 0 spiro atoms. The topological polar surface area (TPSA) is 92.7 Å². The summed E-state index contributed by atoms with van der Waals surface area (Å²) in [5.41, 5.74) is 0. The van der Waals surface area contributed by atoms with Gasteiger partial charge in [0.25, 0.3) is 0 Å². The van der Waals surface area contributed by atoms with Crippen LogP contribution in [-0.4, -0.2) is 44.5 Å². The molecule has 6 nitrogen and oxygen atoms in total. The molecule has 7 heteroatoms. The van der Waals surface area contributed by atoms with E-state index in [1.54, 1.807) is 0 Å². The molecule has 1 atom stereocenters. The van der Waals surface area contributed by atoms with Crippen molar-refractivity contribution in [3.63, 3.8) is 0 Å². The van der Waals surface area contributed by atoms with Crippen LogP contribution >= 0.6 is 0 Å². The molecule has 1 aliphatic heterocycles. The van der Waals surface area contributed by atoms with Gasteiger partial charge in [-0.05, 0) is 32.1 Å². The largest absolute Gasteiger partial charge is 0.481 e. The molecule has 0 aromatic carbocycles. The van der Waals surface area contributed by atoms with E-state index in [1.165, 1.54) is 0 Å². The lowest BCUT2D eigenvalue weighted by atomic mass is 9.94. The molecule has 1 fully saturated rings. The van der Waals surface area contributed by atoms with Crippen molar-refractivity contribution in [3.05, 3.63) is 0 Å². The molecule has 1 rings (SSSR count). The minimum Gasteiger partial charge on any atom is -0.481 e. The molecular weight excluding hydrogens is 258 g/mol. The lowest BCUT2D eigenvalue weighted by molar-refractivity contribution is -0.137. The molecule has 1 aliphatic rings. The highest BCUT2D eigenvalue weighted by atomic mass is 32.2. The zero-order chi connectivity index (χ0) is 13.6. The second-order valence-electron chi connectivity index (χ2n) is 4.67. The lowest BCUT2D eigenvalue weighted by Gasteiger charge is -2.28. The molecule has 18 heavy (non-hydrogen) atoms. The summed E-state index contributed by atoms with van der Waals surface area (Å²) < 4.78 is 31.3. The van der Waals surface area contributed by atoms with Gasteiger partial charge >= 0.3 is 5.97 Å². The summed E-state index contributed by atoms with van der Waals surface area (Å²) in [6, 6.07) is -0.122. The zero-order valence-electron chi connectivity index (χ0n) is 10.6. The quantitative estimate of drug-likeness (QED) is 0.711. The van der Waals surface area contributed by atoms with E-state index in [9.17, 15) is 13.2 Å². The maximum absolute atomic E-state index is 11.7. The van der Waals surface area contributed by atoms with Crippen LogP contribution in [0.1, 0.15) is 32.6 Å². The van der Waals surface area contributed by atoms with E-state index >= 15 is 0 Å². The van der Waals surface area contributed by atoms with Crippen molar-refractivity contribution < 1.29 is 23.1 Å². The van der Waals surface area contributed by atoms with Gasteiger partial charge < -0.3 is 9.84 Å². The first-order valence-corrected chi connectivity index (χ1v) is 7.85. The molecule has 0 aliphatic carbocycles. The van der Waals surface area contributed by atoms with Crippen LogP contribution in [-0.2, 0) is 19.6 Å². The summed E-state index contributed by atoms with van der Waals surface area (Å²) in [7, 11) is -3.38. The van der Waals surface area contributed by atoms with Gasteiger partial charge in [0.2, 0.25) is 10.0 Å². The van der Waals surface area contributed by atoms with Crippen LogP contribution in [0.2, 0.25) is 0 Å². The van der Waals surface area contributed by atoms with Crippen molar-refractivity contribution >= 4 is 16.0 Å². The Hall–Kier alpha value is -0.660. The number of hydrogen-bond donors (Lipinski definition) is 2. The first-order chi connectivity index (χ1) is 8.41. The van der Waals surface area contributed by atoms with Gasteiger partial charge in [0.15, 0.2) is 0 Å². The Labute approximate surface area is 108 Å². The highest BCUT2D eigenvalue weighted by Gasteiger charge is 2.24. The van der Waals surface area contributed by atoms with Crippen LogP contribution in [0.4, 0.5) is 0 Å². The Balaban J connectivity index is 2.36. The van der Waals surface area contributed by atoms with Gasteiger partial charge in [0.1, 0.15) is 0 Å². The number of carbonyl (C=O) groups is 1. The van der Waals surface area contributed by atoms with Crippen LogP contribution in [0.25, 0.3) is 0 Å². The first kappa shape index (κ1) is 15.4. The number of nitrogens with one attached hydrogen (secondary N) is 1. The van der Waals surface area contributed by atoms with E-state index in [-0.39, 0.29) is 24.6 Å². The fourth-order valence-corrected chi connectivity index (χ4v) is 3.47. The molecular formula is C11H21NO5S. The van der Waals surface area contributed by atoms with Crippen LogP contribution in [0.15, 0.2) is 0 Å². The molecule has 1 saturated heterocycles. The molecule has 1 unspecified atom stereocenters. The van der Waals surface area contributed by atoms with Crippen molar-refractivity contribution in [2.24, 2.45) is 5.92 Å². The highest BCUT2D eigenvalue weighted by Crippen LogP contribution is 2.19. The third kappa shape index (κ3) is 5.79. The first-order valence-electron chi connectivity index (χ1n) is 6.20. The highest BCUT2D eigenvalue weighted by molar-refractivity contribution is 7.89. The van der Waals surface area contributed by atoms with Crippen LogP contribution in [0, 0.1) is 5.92 Å². The Morgan fingerprint density at radius 2 is 2.06 bits per heavy atom. The maximum atomic E-state index is 11.7. The van der Waals surface area contributed by atoms with E-state index in [4.69, 9.17) is 9.84 Å². The third-order valence-corrected chi connectivity index (χ3v) is 4.70. The van der Waals surface area contributed by atoms with Crippen LogP contribution in [0.3, 0.4) is 0 Å². The molecule has 0 bridgehead atoms. The molecule has 0 amide bonds. The summed E-state index contributed by atoms with van der Waals surface area (Å²) >= 11 is 0. The Bertz CT molecular complexity index is 362. The summed E-state index contributed by atoms with van der Waals surface area (Å²) in [5, 5.41) is 8.47. The molecule has 106 valence electrons. The van der Waals surface area contributed by atoms with E-state index in [2.05, 4.69) is 4.72 Å². The van der Waals surface area contributed by atoms with Crippen LogP contribution in [0.5, 0.6) is 0 Å². The molecule has 2 N–H and O–H groups in total. The van der Waals surface area contributed by atoms with E-state index in [0.717, 1.165) is 12.8 Å². The summed E-state index contributed by atoms with van der Waals surface area (Å²) in [6.07, 6.45) is 1.75. The monoisotopic (exact) mass is 279 g/mol. The van der Waals surface area contributed by atoms with Crippen molar-refractivity contribution in [2.75, 3.05) is 19.0 Å². The minimum absolute atomic E-state index is 0.118. The van der Waals surface area contributed by atoms with E-state index in [0.29, 0.717) is 19.1 Å². The van der Waals surface area contributed by atoms with Gasteiger partial charge in [-0.25, -0.2) is 13.1 Å². The average Bonchev–Trinajstić information content (AvgIpc) is 2.28. The maximum Gasteiger partial charge on any atom is 0.303 e. The lowest BCUT2D eigenvalue weighted by Crippen LogP contribution is -2.41. The Morgan fingerprint density at radius 1 is 1.44 bits per heavy atom. The second kappa shape index (κ2) is 7.06. The minimum atomic E-state index is -3.38. The fourth-order valence-electron chi connectivity index (χ4n) is 2.07. The van der Waals surface area contributed by atoms with Gasteiger partial charge in [0.05, 0.1) is 5.75 Å². The van der Waals surface area contributed by atoms with Gasteiger partial charge in [0, 0.05) is 25.7 Å². The number of carboxylic acid groups (broad SMARTS) is 1. The molecule has 0 radical (unpaired) electrons. The van der Waals surface area contributed by atoms with E-state index in [1.807, 2.05) is 6.92 Å². The normalized spacial score (nSPS) is 19.6. The standard InChI is InChI=1S/C11H21NO5S/c1-9(10-4-6-17-7-5-10)12-18(15,16)8-2-3-11(13)14/h9-10,12H,2-8H2,1H3,(H,13,14).